The van der Waals surface area contributed by atoms with E-state index in [1.165, 1.54) is 4.90 Å². The lowest BCUT2D eigenvalue weighted by Crippen LogP contribution is -2.56. The van der Waals surface area contributed by atoms with Crippen LogP contribution < -0.4 is 5.32 Å². The summed E-state index contributed by atoms with van der Waals surface area (Å²) in [6, 6.07) is 8.13. The summed E-state index contributed by atoms with van der Waals surface area (Å²) in [6.07, 6.45) is 4.28. The minimum absolute atomic E-state index is 0.0284. The van der Waals surface area contributed by atoms with Gasteiger partial charge in [0.15, 0.2) is 0 Å². The molecule has 0 aromatic heterocycles. The van der Waals surface area contributed by atoms with Crippen molar-refractivity contribution in [1.82, 2.24) is 15.1 Å². The lowest BCUT2D eigenvalue weighted by molar-refractivity contribution is -0.157. The van der Waals surface area contributed by atoms with Crippen LogP contribution in [0.1, 0.15) is 36.8 Å². The fourth-order valence-electron chi connectivity index (χ4n) is 3.56. The first-order chi connectivity index (χ1) is 12.0. The number of carbonyl (C=O) groups excluding carboxylic acids is 3. The predicted molar refractivity (Wildman–Crippen MR) is 93.6 cm³/mol. The SMILES string of the molecule is Cc1cccc(CN2CCN(CC(=O)NC3CCCC3)C(=O)C2=O)c1. The Morgan fingerprint density at radius 3 is 2.52 bits per heavy atom. The van der Waals surface area contributed by atoms with Crippen molar-refractivity contribution >= 4 is 17.7 Å². The van der Waals surface area contributed by atoms with Crippen molar-refractivity contribution in [2.75, 3.05) is 19.6 Å². The molecule has 0 bridgehead atoms. The number of rotatable bonds is 5. The Bertz CT molecular complexity index is 668. The largest absolute Gasteiger partial charge is 0.352 e. The molecule has 134 valence electrons. The smallest absolute Gasteiger partial charge is 0.312 e. The van der Waals surface area contributed by atoms with Gasteiger partial charge in [0.1, 0.15) is 6.54 Å². The molecule has 1 saturated heterocycles. The van der Waals surface area contributed by atoms with Crippen LogP contribution in [0.15, 0.2) is 24.3 Å². The van der Waals surface area contributed by atoms with E-state index in [-0.39, 0.29) is 18.5 Å². The number of benzene rings is 1. The van der Waals surface area contributed by atoms with Gasteiger partial charge in [-0.3, -0.25) is 14.4 Å². The third kappa shape index (κ3) is 4.38. The monoisotopic (exact) mass is 343 g/mol. The topological polar surface area (TPSA) is 69.7 Å². The summed E-state index contributed by atoms with van der Waals surface area (Å²) in [5.41, 5.74) is 2.13. The minimum Gasteiger partial charge on any atom is -0.352 e. The van der Waals surface area contributed by atoms with Crippen molar-refractivity contribution in [3.8, 4) is 0 Å². The molecular formula is C19H25N3O3. The molecule has 25 heavy (non-hydrogen) atoms. The van der Waals surface area contributed by atoms with Gasteiger partial charge in [-0.1, -0.05) is 42.7 Å². The minimum atomic E-state index is -0.583. The highest BCUT2D eigenvalue weighted by Gasteiger charge is 2.33. The van der Waals surface area contributed by atoms with Crippen LogP contribution in [0.5, 0.6) is 0 Å². The zero-order valence-corrected chi connectivity index (χ0v) is 14.7. The highest BCUT2D eigenvalue weighted by Crippen LogP contribution is 2.17. The second kappa shape index (κ2) is 7.68. The zero-order valence-electron chi connectivity index (χ0n) is 14.7. The van der Waals surface area contributed by atoms with Gasteiger partial charge in [-0.15, -0.1) is 0 Å². The second-order valence-electron chi connectivity index (χ2n) is 6.99. The van der Waals surface area contributed by atoms with Crippen LogP contribution >= 0.6 is 0 Å². The van der Waals surface area contributed by atoms with Gasteiger partial charge >= 0.3 is 11.8 Å². The van der Waals surface area contributed by atoms with Gasteiger partial charge < -0.3 is 15.1 Å². The molecule has 1 aliphatic carbocycles. The number of aryl methyl sites for hydroxylation is 1. The number of piperazine rings is 1. The molecule has 6 heteroatoms. The number of nitrogens with one attached hydrogen (secondary N) is 1. The zero-order chi connectivity index (χ0) is 17.8. The van der Waals surface area contributed by atoms with Crippen molar-refractivity contribution in [3.05, 3.63) is 35.4 Å². The van der Waals surface area contributed by atoms with Gasteiger partial charge in [0, 0.05) is 25.7 Å². The van der Waals surface area contributed by atoms with Crippen LogP contribution in [0.25, 0.3) is 0 Å². The molecule has 1 saturated carbocycles. The Morgan fingerprint density at radius 1 is 1.12 bits per heavy atom. The lowest BCUT2D eigenvalue weighted by atomic mass is 10.1. The van der Waals surface area contributed by atoms with E-state index in [9.17, 15) is 14.4 Å². The molecule has 1 aliphatic heterocycles. The highest BCUT2D eigenvalue weighted by molar-refractivity contribution is 6.35. The van der Waals surface area contributed by atoms with Crippen LogP contribution in [0, 0.1) is 6.92 Å². The van der Waals surface area contributed by atoms with Gasteiger partial charge in [0.05, 0.1) is 0 Å². The van der Waals surface area contributed by atoms with E-state index >= 15 is 0 Å². The number of carbonyl (C=O) groups is 3. The average Bonchev–Trinajstić information content (AvgIpc) is 3.07. The number of hydrogen-bond donors (Lipinski definition) is 1. The number of amides is 3. The number of hydrogen-bond acceptors (Lipinski definition) is 3. The lowest BCUT2D eigenvalue weighted by Gasteiger charge is -2.33. The fraction of sp³-hybridized carbons (Fsp3) is 0.526. The maximum absolute atomic E-state index is 12.4. The molecule has 2 aliphatic rings. The third-order valence-corrected chi connectivity index (χ3v) is 4.91. The molecular weight excluding hydrogens is 318 g/mol. The molecule has 3 amide bonds. The van der Waals surface area contributed by atoms with Crippen molar-refractivity contribution in [1.29, 1.82) is 0 Å². The van der Waals surface area contributed by atoms with Crippen molar-refractivity contribution in [2.45, 2.75) is 45.2 Å². The molecule has 0 spiro atoms. The molecule has 0 unspecified atom stereocenters. The van der Waals surface area contributed by atoms with E-state index in [2.05, 4.69) is 5.32 Å². The van der Waals surface area contributed by atoms with Crippen molar-refractivity contribution < 1.29 is 14.4 Å². The van der Waals surface area contributed by atoms with Crippen LogP contribution in [0.3, 0.4) is 0 Å². The Labute approximate surface area is 148 Å². The summed E-state index contributed by atoms with van der Waals surface area (Å²) in [7, 11) is 0. The molecule has 0 radical (unpaired) electrons. The summed E-state index contributed by atoms with van der Waals surface area (Å²) in [5, 5.41) is 2.96. The molecule has 1 N–H and O–H groups in total. The predicted octanol–water partition coefficient (Wildman–Crippen LogP) is 1.22. The van der Waals surface area contributed by atoms with Crippen LogP contribution in [0.4, 0.5) is 0 Å². The van der Waals surface area contributed by atoms with E-state index in [1.54, 1.807) is 4.90 Å². The highest BCUT2D eigenvalue weighted by atomic mass is 16.2. The van der Waals surface area contributed by atoms with Gasteiger partial charge in [0.2, 0.25) is 5.91 Å². The summed E-state index contributed by atoms with van der Waals surface area (Å²) >= 11 is 0. The average molecular weight is 343 g/mol. The van der Waals surface area contributed by atoms with Crippen LogP contribution in [-0.4, -0.2) is 53.2 Å². The molecule has 3 rings (SSSR count). The molecule has 0 atom stereocenters. The molecule has 1 aromatic rings. The van der Waals surface area contributed by atoms with Gasteiger partial charge in [0.25, 0.3) is 0 Å². The van der Waals surface area contributed by atoms with Gasteiger partial charge in [-0.2, -0.15) is 0 Å². The Balaban J connectivity index is 1.54. The van der Waals surface area contributed by atoms with Gasteiger partial charge in [-0.25, -0.2) is 0 Å². The Kier molecular flexibility index (Phi) is 5.36. The normalized spacial score (nSPS) is 18.8. The Morgan fingerprint density at radius 2 is 1.80 bits per heavy atom. The van der Waals surface area contributed by atoms with E-state index in [1.807, 2.05) is 31.2 Å². The number of nitrogens with zero attached hydrogens (tertiary/aromatic N) is 2. The molecule has 1 heterocycles. The van der Waals surface area contributed by atoms with Gasteiger partial charge in [-0.05, 0) is 25.3 Å². The van der Waals surface area contributed by atoms with Crippen molar-refractivity contribution in [3.63, 3.8) is 0 Å². The first kappa shape index (κ1) is 17.5. The Hall–Kier alpha value is -2.37. The maximum atomic E-state index is 12.4. The summed E-state index contributed by atoms with van der Waals surface area (Å²) in [4.78, 5) is 39.7. The summed E-state index contributed by atoms with van der Waals surface area (Å²) in [6.45, 7) is 3.24. The molecule has 1 aromatic carbocycles. The van der Waals surface area contributed by atoms with E-state index in [4.69, 9.17) is 0 Å². The van der Waals surface area contributed by atoms with E-state index < -0.39 is 11.8 Å². The maximum Gasteiger partial charge on any atom is 0.312 e. The first-order valence-electron chi connectivity index (χ1n) is 8.96. The third-order valence-electron chi connectivity index (χ3n) is 4.91. The van der Waals surface area contributed by atoms with E-state index in [0.29, 0.717) is 19.6 Å². The first-order valence-corrected chi connectivity index (χ1v) is 8.96. The van der Waals surface area contributed by atoms with E-state index in [0.717, 1.165) is 36.8 Å². The fourth-order valence-corrected chi connectivity index (χ4v) is 3.56. The van der Waals surface area contributed by atoms with Crippen molar-refractivity contribution in [2.24, 2.45) is 0 Å². The molecule has 6 nitrogen and oxygen atoms in total. The summed E-state index contributed by atoms with van der Waals surface area (Å²) < 4.78 is 0. The summed E-state index contributed by atoms with van der Waals surface area (Å²) in [5.74, 6) is -1.28. The van der Waals surface area contributed by atoms with Crippen LogP contribution in [-0.2, 0) is 20.9 Å². The molecule has 2 fully saturated rings. The second-order valence-corrected chi connectivity index (χ2v) is 6.99. The standard InChI is InChI=1S/C19H25N3O3/c1-14-5-4-6-15(11-14)12-21-9-10-22(19(25)18(21)24)13-17(23)20-16-7-2-3-8-16/h4-6,11,16H,2-3,7-10,12-13H2,1H3,(H,20,23). The quantitative estimate of drug-likeness (QED) is 0.818. The van der Waals surface area contributed by atoms with Crippen LogP contribution in [0.2, 0.25) is 0 Å².